The van der Waals surface area contributed by atoms with E-state index in [4.69, 9.17) is 0 Å². The molecule has 0 atom stereocenters. The Kier molecular flexibility index (Phi) is 3.92. The zero-order valence-corrected chi connectivity index (χ0v) is 9.54. The topological polar surface area (TPSA) is 95.6 Å². The lowest BCUT2D eigenvalue weighted by atomic mass is 10.1. The van der Waals surface area contributed by atoms with E-state index in [1.165, 1.54) is 18.3 Å². The molecule has 0 bridgehead atoms. The van der Waals surface area contributed by atoms with E-state index in [1.807, 2.05) is 13.8 Å². The number of benzene rings is 1. The van der Waals surface area contributed by atoms with E-state index in [0.29, 0.717) is 0 Å². The second-order valence-electron chi connectivity index (χ2n) is 3.81. The van der Waals surface area contributed by atoms with Crippen molar-refractivity contribution in [2.75, 3.05) is 0 Å². The highest BCUT2D eigenvalue weighted by atomic mass is 16.6. The maximum Gasteiger partial charge on any atom is 0.295 e. The van der Waals surface area contributed by atoms with Gasteiger partial charge in [-0.05, 0) is 32.0 Å². The van der Waals surface area contributed by atoms with Gasteiger partial charge in [0.25, 0.3) is 5.70 Å². The molecular weight excluding hydrogens is 224 g/mol. The normalized spacial score (nSPS) is 11.6. The molecule has 1 aromatic rings. The highest BCUT2D eigenvalue weighted by Gasteiger charge is 2.19. The van der Waals surface area contributed by atoms with Crippen LogP contribution in [0.3, 0.4) is 0 Å². The van der Waals surface area contributed by atoms with E-state index in [-0.39, 0.29) is 28.8 Å². The van der Waals surface area contributed by atoms with Gasteiger partial charge in [0, 0.05) is 6.04 Å². The molecule has 3 N–H and O–H groups in total. The Bertz CT molecular complexity index is 455. The maximum atomic E-state index is 10.9. The van der Waals surface area contributed by atoms with Crippen LogP contribution in [-0.4, -0.2) is 21.2 Å². The first-order valence-electron chi connectivity index (χ1n) is 5.04. The minimum atomic E-state index is -0.621. The first-order valence-corrected chi connectivity index (χ1v) is 5.04. The smallest absolute Gasteiger partial charge is 0.295 e. The molecule has 17 heavy (non-hydrogen) atoms. The van der Waals surface area contributed by atoms with Gasteiger partial charge >= 0.3 is 0 Å². The third kappa shape index (κ3) is 3.37. The van der Waals surface area contributed by atoms with Crippen LogP contribution in [-0.2, 0) is 0 Å². The van der Waals surface area contributed by atoms with Crippen LogP contribution in [0.2, 0.25) is 0 Å². The second-order valence-corrected chi connectivity index (χ2v) is 3.81. The molecule has 6 heteroatoms. The largest absolute Gasteiger partial charge is 0.508 e. The number of phenols is 2. The molecule has 0 heterocycles. The highest BCUT2D eigenvalue weighted by Crippen LogP contribution is 2.28. The van der Waals surface area contributed by atoms with Crippen molar-refractivity contribution in [2.45, 2.75) is 19.9 Å². The van der Waals surface area contributed by atoms with Crippen LogP contribution in [0.15, 0.2) is 24.4 Å². The van der Waals surface area contributed by atoms with Crippen molar-refractivity contribution >= 4 is 5.70 Å². The predicted octanol–water partition coefficient (Wildman–Crippen LogP) is 1.67. The molecule has 0 amide bonds. The summed E-state index contributed by atoms with van der Waals surface area (Å²) in [6.45, 7) is 3.66. The summed E-state index contributed by atoms with van der Waals surface area (Å²) >= 11 is 0. The zero-order chi connectivity index (χ0) is 13.0. The van der Waals surface area contributed by atoms with Gasteiger partial charge in [0.05, 0.1) is 16.7 Å². The van der Waals surface area contributed by atoms with Crippen LogP contribution in [0.5, 0.6) is 11.5 Å². The lowest BCUT2D eigenvalue weighted by Gasteiger charge is -2.06. The Morgan fingerprint density at radius 2 is 2.12 bits per heavy atom. The van der Waals surface area contributed by atoms with Crippen LogP contribution in [0.25, 0.3) is 5.70 Å². The molecule has 6 nitrogen and oxygen atoms in total. The Labute approximate surface area is 98.4 Å². The van der Waals surface area contributed by atoms with E-state index in [1.54, 1.807) is 0 Å². The van der Waals surface area contributed by atoms with Gasteiger partial charge in [-0.3, -0.25) is 10.1 Å². The van der Waals surface area contributed by atoms with Crippen LogP contribution < -0.4 is 5.32 Å². The third-order valence-electron chi connectivity index (χ3n) is 2.01. The van der Waals surface area contributed by atoms with Crippen LogP contribution in [0.4, 0.5) is 0 Å². The number of hydrogen-bond donors (Lipinski definition) is 3. The van der Waals surface area contributed by atoms with Gasteiger partial charge in [0.15, 0.2) is 0 Å². The molecule has 0 unspecified atom stereocenters. The van der Waals surface area contributed by atoms with Gasteiger partial charge in [-0.15, -0.1) is 0 Å². The summed E-state index contributed by atoms with van der Waals surface area (Å²) in [6.07, 6.45) is 1.21. The number of phenolic OH excluding ortho intramolecular Hbond substituents is 2. The highest BCUT2D eigenvalue weighted by molar-refractivity contribution is 5.65. The molecule has 1 rings (SSSR count). The Morgan fingerprint density at radius 1 is 1.47 bits per heavy atom. The molecule has 92 valence electrons. The van der Waals surface area contributed by atoms with Gasteiger partial charge in [-0.1, -0.05) is 0 Å². The minimum Gasteiger partial charge on any atom is -0.508 e. The first kappa shape index (κ1) is 12.8. The second kappa shape index (κ2) is 5.20. The molecule has 0 aliphatic carbocycles. The fourth-order valence-corrected chi connectivity index (χ4v) is 1.20. The fourth-order valence-electron chi connectivity index (χ4n) is 1.20. The summed E-state index contributed by atoms with van der Waals surface area (Å²) in [5, 5.41) is 32.5. The van der Waals surface area contributed by atoms with Crippen LogP contribution in [0, 0.1) is 10.1 Å². The standard InChI is InChI=1S/C11H14N2O4/c1-7(2)12-6-10(13(16)17)9-5-8(14)3-4-11(9)15/h3-7,12,14-15H,1-2H3/b10-6-. The number of aromatic hydroxyl groups is 2. The molecule has 0 fully saturated rings. The monoisotopic (exact) mass is 238 g/mol. The van der Waals surface area contributed by atoms with E-state index in [9.17, 15) is 20.3 Å². The van der Waals surface area contributed by atoms with Crippen molar-refractivity contribution in [3.8, 4) is 11.5 Å². The maximum absolute atomic E-state index is 10.9. The molecule has 0 radical (unpaired) electrons. The molecule has 0 aliphatic rings. The van der Waals surface area contributed by atoms with Crippen molar-refractivity contribution in [3.63, 3.8) is 0 Å². The summed E-state index contributed by atoms with van der Waals surface area (Å²) in [5.41, 5.74) is -0.324. The average Bonchev–Trinajstić information content (AvgIpc) is 2.22. The number of nitrogens with zero attached hydrogens (tertiary/aromatic N) is 1. The minimum absolute atomic E-state index is 0.0249. The number of nitro groups is 1. The Balaban J connectivity index is 3.18. The van der Waals surface area contributed by atoms with Crippen molar-refractivity contribution in [1.29, 1.82) is 0 Å². The van der Waals surface area contributed by atoms with Gasteiger partial charge in [-0.2, -0.15) is 0 Å². The first-order chi connectivity index (χ1) is 7.91. The van der Waals surface area contributed by atoms with E-state index >= 15 is 0 Å². The molecule has 0 aliphatic heterocycles. The Morgan fingerprint density at radius 3 is 2.65 bits per heavy atom. The average molecular weight is 238 g/mol. The van der Waals surface area contributed by atoms with Crippen molar-refractivity contribution in [1.82, 2.24) is 5.32 Å². The van der Waals surface area contributed by atoms with Crippen LogP contribution >= 0.6 is 0 Å². The van der Waals surface area contributed by atoms with E-state index < -0.39 is 4.92 Å². The number of nitrogens with one attached hydrogen (secondary N) is 1. The molecule has 1 aromatic carbocycles. The number of hydrogen-bond acceptors (Lipinski definition) is 5. The number of rotatable bonds is 4. The third-order valence-corrected chi connectivity index (χ3v) is 2.01. The molecular formula is C11H14N2O4. The summed E-state index contributed by atoms with van der Waals surface area (Å²) in [5.74, 6) is -0.397. The van der Waals surface area contributed by atoms with Gasteiger partial charge in [0.1, 0.15) is 11.5 Å². The fraction of sp³-hybridized carbons (Fsp3) is 0.273. The van der Waals surface area contributed by atoms with Gasteiger partial charge in [0.2, 0.25) is 0 Å². The molecule has 0 spiro atoms. The van der Waals surface area contributed by atoms with Crippen molar-refractivity contribution < 1.29 is 15.1 Å². The SMILES string of the molecule is CC(C)N/C=C(/c1cc(O)ccc1O)[N+](=O)[O-]. The van der Waals surface area contributed by atoms with Gasteiger partial charge < -0.3 is 15.5 Å². The summed E-state index contributed by atoms with van der Waals surface area (Å²) in [6, 6.07) is 3.64. The molecule has 0 saturated heterocycles. The predicted molar refractivity (Wildman–Crippen MR) is 63.0 cm³/mol. The molecule has 0 saturated carbocycles. The van der Waals surface area contributed by atoms with Crippen LogP contribution in [0.1, 0.15) is 19.4 Å². The van der Waals surface area contributed by atoms with Gasteiger partial charge in [-0.25, -0.2) is 0 Å². The summed E-state index contributed by atoms with van der Waals surface area (Å²) < 4.78 is 0. The van der Waals surface area contributed by atoms with Crippen molar-refractivity contribution in [3.05, 3.63) is 40.1 Å². The lowest BCUT2D eigenvalue weighted by molar-refractivity contribution is -0.375. The van der Waals surface area contributed by atoms with E-state index in [0.717, 1.165) is 6.07 Å². The van der Waals surface area contributed by atoms with Crippen molar-refractivity contribution in [2.24, 2.45) is 0 Å². The zero-order valence-electron chi connectivity index (χ0n) is 9.54. The Hall–Kier alpha value is -2.24. The molecule has 0 aromatic heterocycles. The quantitative estimate of drug-likeness (QED) is 0.421. The van der Waals surface area contributed by atoms with E-state index in [2.05, 4.69) is 5.32 Å². The summed E-state index contributed by atoms with van der Waals surface area (Å²) in [4.78, 5) is 10.3. The summed E-state index contributed by atoms with van der Waals surface area (Å²) in [7, 11) is 0. The lowest BCUT2D eigenvalue weighted by Crippen LogP contribution is -2.17.